The van der Waals surface area contributed by atoms with Gasteiger partial charge in [-0.3, -0.25) is 4.98 Å². The van der Waals surface area contributed by atoms with Gasteiger partial charge in [0.05, 0.1) is 11.7 Å². The fourth-order valence-corrected chi connectivity index (χ4v) is 1.66. The van der Waals surface area contributed by atoms with Gasteiger partial charge >= 0.3 is 0 Å². The van der Waals surface area contributed by atoms with E-state index in [-0.39, 0.29) is 12.7 Å². The molecule has 4 heteroatoms. The molecule has 0 saturated heterocycles. The Morgan fingerprint density at radius 3 is 3.06 bits per heavy atom. The molecule has 18 heavy (non-hydrogen) atoms. The van der Waals surface area contributed by atoms with E-state index in [4.69, 9.17) is 9.94 Å². The predicted octanol–water partition coefficient (Wildman–Crippen LogP) is 2.36. The number of aromatic nitrogens is 1. The molecule has 94 valence electrons. The van der Waals surface area contributed by atoms with Gasteiger partial charge in [0.15, 0.2) is 0 Å². The molecular weight excluding hydrogens is 228 g/mol. The molecule has 0 amide bonds. The van der Waals surface area contributed by atoms with Crippen LogP contribution in [0.4, 0.5) is 0 Å². The number of benzene rings is 1. The largest absolute Gasteiger partial charge is 0.396 e. The molecule has 0 radical (unpaired) electrons. The standard InChI is InChI=1S/C14H16N2O2/c1-11(7-9-17)18-16-10-13-5-2-4-12-6-3-8-15-14(12)13/h2-6,8,10-11,17H,7,9H2,1H3/b16-10+. The maximum atomic E-state index is 8.75. The minimum absolute atomic E-state index is 0.0887. The van der Waals surface area contributed by atoms with Crippen LogP contribution < -0.4 is 0 Å². The van der Waals surface area contributed by atoms with Crippen molar-refractivity contribution in [2.45, 2.75) is 19.4 Å². The molecule has 1 unspecified atom stereocenters. The van der Waals surface area contributed by atoms with Gasteiger partial charge in [-0.2, -0.15) is 0 Å². The lowest BCUT2D eigenvalue weighted by molar-refractivity contribution is 0.0542. The molecule has 0 bridgehead atoms. The number of fused-ring (bicyclic) bond motifs is 1. The van der Waals surface area contributed by atoms with Crippen molar-refractivity contribution in [3.63, 3.8) is 0 Å². The second-order valence-electron chi connectivity index (χ2n) is 4.09. The Hall–Kier alpha value is -1.94. The second-order valence-corrected chi connectivity index (χ2v) is 4.09. The normalized spacial score (nSPS) is 13.0. The number of rotatable bonds is 5. The number of hydrogen-bond donors (Lipinski definition) is 1. The summed E-state index contributed by atoms with van der Waals surface area (Å²) in [5.41, 5.74) is 1.83. The Bertz CT molecular complexity index is 535. The van der Waals surface area contributed by atoms with Crippen molar-refractivity contribution in [3.05, 3.63) is 42.1 Å². The molecule has 2 rings (SSSR count). The van der Waals surface area contributed by atoms with Crippen LogP contribution in [-0.4, -0.2) is 29.0 Å². The first-order chi connectivity index (χ1) is 8.81. The summed E-state index contributed by atoms with van der Waals surface area (Å²) in [6, 6.07) is 9.83. The lowest BCUT2D eigenvalue weighted by atomic mass is 10.1. The molecule has 1 aromatic carbocycles. The summed E-state index contributed by atoms with van der Waals surface area (Å²) >= 11 is 0. The van der Waals surface area contributed by atoms with Crippen LogP contribution in [-0.2, 0) is 4.84 Å². The van der Waals surface area contributed by atoms with Gasteiger partial charge in [-0.1, -0.05) is 29.4 Å². The fraction of sp³-hybridized carbons (Fsp3) is 0.286. The number of nitrogens with zero attached hydrogens (tertiary/aromatic N) is 2. The SMILES string of the molecule is CC(CCO)O/N=C/c1cccc2cccnc12. The van der Waals surface area contributed by atoms with Crippen LogP contribution in [0.2, 0.25) is 0 Å². The first kappa shape index (κ1) is 12.5. The number of hydrogen-bond acceptors (Lipinski definition) is 4. The molecule has 0 fully saturated rings. The van der Waals surface area contributed by atoms with Gasteiger partial charge in [-0.05, 0) is 13.0 Å². The average Bonchev–Trinajstić information content (AvgIpc) is 2.39. The number of aliphatic hydroxyl groups excluding tert-OH is 1. The Morgan fingerprint density at radius 2 is 2.22 bits per heavy atom. The van der Waals surface area contributed by atoms with Crippen molar-refractivity contribution in [3.8, 4) is 0 Å². The van der Waals surface area contributed by atoms with E-state index in [1.54, 1.807) is 12.4 Å². The predicted molar refractivity (Wildman–Crippen MR) is 71.6 cm³/mol. The molecule has 1 atom stereocenters. The molecule has 1 aromatic heterocycles. The number of pyridine rings is 1. The van der Waals surface area contributed by atoms with Gasteiger partial charge in [0.1, 0.15) is 6.10 Å². The smallest absolute Gasteiger partial charge is 0.126 e. The van der Waals surface area contributed by atoms with Gasteiger partial charge in [0.2, 0.25) is 0 Å². The van der Waals surface area contributed by atoms with Crippen LogP contribution in [0.3, 0.4) is 0 Å². The zero-order valence-electron chi connectivity index (χ0n) is 10.3. The molecule has 4 nitrogen and oxygen atoms in total. The summed E-state index contributed by atoms with van der Waals surface area (Å²) in [5, 5.41) is 13.8. The highest BCUT2D eigenvalue weighted by Gasteiger charge is 2.01. The van der Waals surface area contributed by atoms with Crippen LogP contribution in [0.15, 0.2) is 41.7 Å². The lowest BCUT2D eigenvalue weighted by Gasteiger charge is -2.06. The molecule has 1 N–H and O–H groups in total. The molecule has 0 aliphatic rings. The summed E-state index contributed by atoms with van der Waals surface area (Å²) < 4.78 is 0. The second kappa shape index (κ2) is 6.12. The van der Waals surface area contributed by atoms with Crippen molar-refractivity contribution < 1.29 is 9.94 Å². The number of oxime groups is 1. The van der Waals surface area contributed by atoms with Gasteiger partial charge in [-0.15, -0.1) is 0 Å². The van der Waals surface area contributed by atoms with E-state index >= 15 is 0 Å². The Labute approximate surface area is 106 Å². The van der Waals surface area contributed by atoms with Gasteiger partial charge in [0.25, 0.3) is 0 Å². The summed E-state index contributed by atoms with van der Waals surface area (Å²) in [6.45, 7) is 1.97. The summed E-state index contributed by atoms with van der Waals surface area (Å²) in [6.07, 6.45) is 3.90. The summed E-state index contributed by atoms with van der Waals surface area (Å²) in [7, 11) is 0. The van der Waals surface area contributed by atoms with Crippen molar-refractivity contribution in [1.29, 1.82) is 0 Å². The van der Waals surface area contributed by atoms with E-state index in [1.165, 1.54) is 0 Å². The van der Waals surface area contributed by atoms with E-state index in [0.29, 0.717) is 6.42 Å². The van der Waals surface area contributed by atoms with Crippen LogP contribution in [0.5, 0.6) is 0 Å². The molecule has 0 aliphatic carbocycles. The Kier molecular flexibility index (Phi) is 4.25. The average molecular weight is 244 g/mol. The van der Waals surface area contributed by atoms with Crippen molar-refractivity contribution >= 4 is 17.1 Å². The first-order valence-electron chi connectivity index (χ1n) is 5.95. The minimum Gasteiger partial charge on any atom is -0.396 e. The monoisotopic (exact) mass is 244 g/mol. The molecule has 2 aromatic rings. The highest BCUT2D eigenvalue weighted by atomic mass is 16.6. The van der Waals surface area contributed by atoms with E-state index in [1.807, 2.05) is 37.3 Å². The van der Waals surface area contributed by atoms with E-state index in [0.717, 1.165) is 16.5 Å². The summed E-state index contributed by atoms with van der Waals surface area (Å²) in [5.74, 6) is 0. The van der Waals surface area contributed by atoms with E-state index < -0.39 is 0 Å². The van der Waals surface area contributed by atoms with Crippen molar-refractivity contribution in [2.75, 3.05) is 6.61 Å². The Morgan fingerprint density at radius 1 is 1.39 bits per heavy atom. The summed E-state index contributed by atoms with van der Waals surface area (Å²) in [4.78, 5) is 9.55. The van der Waals surface area contributed by atoms with Crippen molar-refractivity contribution in [2.24, 2.45) is 5.16 Å². The zero-order valence-corrected chi connectivity index (χ0v) is 10.3. The van der Waals surface area contributed by atoms with Crippen LogP contribution in [0.25, 0.3) is 10.9 Å². The third kappa shape index (κ3) is 3.05. The minimum atomic E-state index is -0.0887. The van der Waals surface area contributed by atoms with Gasteiger partial charge in [0, 0.05) is 30.2 Å². The quantitative estimate of drug-likeness (QED) is 0.649. The molecule has 1 heterocycles. The van der Waals surface area contributed by atoms with Crippen molar-refractivity contribution in [1.82, 2.24) is 4.98 Å². The highest BCUT2D eigenvalue weighted by Crippen LogP contribution is 2.14. The topological polar surface area (TPSA) is 54.7 Å². The molecule has 0 spiro atoms. The highest BCUT2D eigenvalue weighted by molar-refractivity contribution is 5.97. The fourth-order valence-electron chi connectivity index (χ4n) is 1.66. The van der Waals surface area contributed by atoms with Crippen LogP contribution >= 0.6 is 0 Å². The maximum absolute atomic E-state index is 8.75. The van der Waals surface area contributed by atoms with Gasteiger partial charge < -0.3 is 9.94 Å². The molecule has 0 saturated carbocycles. The van der Waals surface area contributed by atoms with E-state index in [2.05, 4.69) is 10.1 Å². The number of para-hydroxylation sites is 1. The van der Waals surface area contributed by atoms with Crippen LogP contribution in [0, 0.1) is 0 Å². The zero-order chi connectivity index (χ0) is 12.8. The maximum Gasteiger partial charge on any atom is 0.126 e. The Balaban J connectivity index is 2.14. The number of aliphatic hydroxyl groups is 1. The van der Waals surface area contributed by atoms with E-state index in [9.17, 15) is 0 Å². The molecular formula is C14H16N2O2. The third-order valence-electron chi connectivity index (χ3n) is 2.63. The van der Waals surface area contributed by atoms with Crippen LogP contribution in [0.1, 0.15) is 18.9 Å². The van der Waals surface area contributed by atoms with Gasteiger partial charge in [-0.25, -0.2) is 0 Å². The lowest BCUT2D eigenvalue weighted by Crippen LogP contribution is -2.06. The molecule has 0 aliphatic heterocycles. The third-order valence-corrected chi connectivity index (χ3v) is 2.63. The first-order valence-corrected chi connectivity index (χ1v) is 5.95.